The van der Waals surface area contributed by atoms with Gasteiger partial charge in [-0.1, -0.05) is 31.4 Å². The van der Waals surface area contributed by atoms with Crippen LogP contribution in [0.2, 0.25) is 0 Å². The summed E-state index contributed by atoms with van der Waals surface area (Å²) in [5, 5.41) is 7.95. The van der Waals surface area contributed by atoms with Crippen molar-refractivity contribution in [3.63, 3.8) is 0 Å². The Labute approximate surface area is 280 Å². The molecule has 13 heteroatoms. The Kier molecular flexibility index (Phi) is 9.74. The molecule has 2 aliphatic heterocycles. The van der Waals surface area contributed by atoms with E-state index in [1.807, 2.05) is 24.3 Å². The number of rotatable bonds is 4. The number of benzene rings is 1. The maximum atomic E-state index is 16.3. The van der Waals surface area contributed by atoms with E-state index in [0.717, 1.165) is 55.2 Å². The van der Waals surface area contributed by atoms with Gasteiger partial charge in [0.15, 0.2) is 11.5 Å². The highest BCUT2D eigenvalue weighted by Gasteiger charge is 2.50. The molecule has 0 radical (unpaired) electrons. The zero-order chi connectivity index (χ0) is 33.1. The summed E-state index contributed by atoms with van der Waals surface area (Å²) in [5.74, 6) is -0.244. The van der Waals surface area contributed by atoms with Crippen LogP contribution in [-0.2, 0) is 27.3 Å². The lowest BCUT2D eigenvalue weighted by Gasteiger charge is -2.24. The van der Waals surface area contributed by atoms with Gasteiger partial charge in [0, 0.05) is 43.3 Å². The quantitative estimate of drug-likeness (QED) is 0.213. The summed E-state index contributed by atoms with van der Waals surface area (Å²) in [6.07, 6.45) is 8.73. The zero-order valence-electron chi connectivity index (χ0n) is 26.5. The molecule has 11 nitrogen and oxygen atoms in total. The number of anilines is 1. The van der Waals surface area contributed by atoms with E-state index in [1.165, 1.54) is 16.5 Å². The van der Waals surface area contributed by atoms with Crippen LogP contribution in [0.4, 0.5) is 10.2 Å². The molecule has 1 aromatic carbocycles. The molecule has 2 atom stereocenters. The van der Waals surface area contributed by atoms with Crippen molar-refractivity contribution < 1.29 is 23.5 Å². The van der Waals surface area contributed by atoms with Crippen LogP contribution in [0.3, 0.4) is 0 Å². The highest BCUT2D eigenvalue weighted by atomic mass is 79.9. The Hall–Kier alpha value is -4.10. The number of ether oxygens (including phenoxy) is 1. The highest BCUT2D eigenvalue weighted by molar-refractivity contribution is 9.10. The summed E-state index contributed by atoms with van der Waals surface area (Å²) in [7, 11) is 0. The molecule has 6 rings (SSSR count). The van der Waals surface area contributed by atoms with Crippen molar-refractivity contribution in [3.05, 3.63) is 64.4 Å². The van der Waals surface area contributed by atoms with Gasteiger partial charge >= 0.3 is 0 Å². The number of halogens is 2. The summed E-state index contributed by atoms with van der Waals surface area (Å²) >= 11 is 3.39. The fraction of sp³-hybridized carbons (Fsp3) is 0.441. The molecule has 47 heavy (non-hydrogen) atoms. The molecule has 4 aromatic rings. The van der Waals surface area contributed by atoms with Crippen molar-refractivity contribution in [1.82, 2.24) is 29.6 Å². The Balaban J connectivity index is 1.30. The van der Waals surface area contributed by atoms with Crippen molar-refractivity contribution in [3.8, 4) is 11.1 Å². The van der Waals surface area contributed by atoms with E-state index in [4.69, 9.17) is 4.74 Å². The van der Waals surface area contributed by atoms with Crippen LogP contribution in [0.25, 0.3) is 22.0 Å². The van der Waals surface area contributed by atoms with Gasteiger partial charge in [0.05, 0.1) is 18.7 Å². The predicted molar refractivity (Wildman–Crippen MR) is 178 cm³/mol. The van der Waals surface area contributed by atoms with E-state index in [0.29, 0.717) is 33.8 Å². The second-order valence-corrected chi connectivity index (χ2v) is 13.2. The Morgan fingerprint density at radius 1 is 1.09 bits per heavy atom. The number of fused-ring (bicyclic) bond motifs is 4. The number of Topliss-reactive ketones (excluding diaryl/α,β-unsaturated/α-hetero) is 1. The SMILES string of the molecule is CC(=O)c1nn(CC(=O)N2C[C@@]3(F)COCCCCCCCc4ccc(Br)nc4NC(=O)[C@@H]2C3)c2ccc(-c3cnc(C)nc3)cc12. The number of likely N-dealkylation sites (tertiary alicyclic amines) is 1. The first-order valence-corrected chi connectivity index (χ1v) is 16.7. The summed E-state index contributed by atoms with van der Waals surface area (Å²) in [4.78, 5) is 54.7. The number of aromatic nitrogens is 5. The predicted octanol–water partition coefficient (Wildman–Crippen LogP) is 5.63. The Morgan fingerprint density at radius 2 is 1.85 bits per heavy atom. The number of carbonyl (C=O) groups excluding carboxylic acids is 3. The van der Waals surface area contributed by atoms with Crippen LogP contribution in [-0.4, -0.2) is 78.7 Å². The molecule has 3 aromatic heterocycles. The number of amides is 2. The lowest BCUT2D eigenvalue weighted by molar-refractivity contribution is -0.137. The molecule has 5 heterocycles. The number of pyridine rings is 1. The van der Waals surface area contributed by atoms with Crippen molar-refractivity contribution in [2.45, 2.75) is 77.0 Å². The molecular formula is C34H37BrFN7O4. The van der Waals surface area contributed by atoms with Crippen LogP contribution in [0, 0.1) is 6.92 Å². The normalized spacial score (nSPS) is 21.0. The fourth-order valence-corrected chi connectivity index (χ4v) is 6.63. The van der Waals surface area contributed by atoms with Crippen molar-refractivity contribution in [1.29, 1.82) is 0 Å². The highest BCUT2D eigenvalue weighted by Crippen LogP contribution is 2.34. The van der Waals surface area contributed by atoms with Gasteiger partial charge in [-0.25, -0.2) is 19.3 Å². The number of hydrogen-bond donors (Lipinski definition) is 1. The van der Waals surface area contributed by atoms with Gasteiger partial charge in [0.2, 0.25) is 11.8 Å². The third-order valence-electron chi connectivity index (χ3n) is 8.78. The number of hydrogen-bond acceptors (Lipinski definition) is 8. The van der Waals surface area contributed by atoms with E-state index in [1.54, 1.807) is 25.4 Å². The molecule has 1 saturated heterocycles. The molecule has 0 aliphatic carbocycles. The van der Waals surface area contributed by atoms with Gasteiger partial charge in [-0.2, -0.15) is 5.10 Å². The van der Waals surface area contributed by atoms with Gasteiger partial charge in [0.1, 0.15) is 34.5 Å². The molecular weight excluding hydrogens is 669 g/mol. The van der Waals surface area contributed by atoms with Crippen molar-refractivity contribution >= 4 is 50.2 Å². The monoisotopic (exact) mass is 705 g/mol. The number of carbonyl (C=O) groups is 3. The zero-order valence-corrected chi connectivity index (χ0v) is 28.1. The second-order valence-electron chi connectivity index (χ2n) is 12.4. The molecule has 2 amide bonds. The van der Waals surface area contributed by atoms with E-state index in [9.17, 15) is 14.4 Å². The van der Waals surface area contributed by atoms with E-state index in [-0.39, 0.29) is 37.6 Å². The van der Waals surface area contributed by atoms with Crippen LogP contribution >= 0.6 is 15.9 Å². The Morgan fingerprint density at radius 3 is 2.64 bits per heavy atom. The number of alkyl halides is 1. The largest absolute Gasteiger partial charge is 0.378 e. The van der Waals surface area contributed by atoms with Gasteiger partial charge in [-0.3, -0.25) is 19.1 Å². The summed E-state index contributed by atoms with van der Waals surface area (Å²) in [6.45, 7) is 2.81. The second kappa shape index (κ2) is 13.9. The minimum absolute atomic E-state index is 0.206. The molecule has 0 unspecified atom stereocenters. The van der Waals surface area contributed by atoms with Crippen LogP contribution < -0.4 is 5.32 Å². The fourth-order valence-electron chi connectivity index (χ4n) is 6.32. The number of nitrogens with one attached hydrogen (secondary N) is 1. The van der Waals surface area contributed by atoms with Crippen LogP contribution in [0.1, 0.15) is 67.3 Å². The molecule has 1 N–H and O–H groups in total. The molecule has 2 aliphatic rings. The lowest BCUT2D eigenvalue weighted by Crippen LogP contribution is -2.45. The lowest BCUT2D eigenvalue weighted by atomic mass is 10.0. The average Bonchev–Trinajstić information content (AvgIpc) is 3.59. The van der Waals surface area contributed by atoms with Crippen LogP contribution in [0.15, 0.2) is 47.3 Å². The van der Waals surface area contributed by atoms with Gasteiger partial charge in [-0.05, 0) is 71.4 Å². The smallest absolute Gasteiger partial charge is 0.248 e. The summed E-state index contributed by atoms with van der Waals surface area (Å²) < 4.78 is 24.1. The average molecular weight is 707 g/mol. The maximum absolute atomic E-state index is 16.3. The molecule has 0 spiro atoms. The first-order valence-electron chi connectivity index (χ1n) is 15.9. The van der Waals surface area contributed by atoms with Crippen LogP contribution in [0.5, 0.6) is 0 Å². The van der Waals surface area contributed by atoms with E-state index < -0.39 is 23.5 Å². The first kappa shape index (κ1) is 32.8. The molecule has 1 fully saturated rings. The molecule has 0 saturated carbocycles. The van der Waals surface area contributed by atoms with E-state index >= 15 is 4.39 Å². The number of aryl methyl sites for hydroxylation is 2. The number of ketones is 1. The topological polar surface area (TPSA) is 132 Å². The van der Waals surface area contributed by atoms with Crippen molar-refractivity contribution in [2.75, 3.05) is 25.1 Å². The minimum atomic E-state index is -1.91. The van der Waals surface area contributed by atoms with Gasteiger partial charge in [-0.15, -0.1) is 0 Å². The molecule has 2 bridgehead atoms. The summed E-state index contributed by atoms with van der Waals surface area (Å²) in [6, 6.07) is 8.11. The number of nitrogens with zero attached hydrogens (tertiary/aromatic N) is 6. The third kappa shape index (κ3) is 7.41. The van der Waals surface area contributed by atoms with Crippen molar-refractivity contribution in [2.24, 2.45) is 0 Å². The maximum Gasteiger partial charge on any atom is 0.248 e. The van der Waals surface area contributed by atoms with E-state index in [2.05, 4.69) is 41.3 Å². The summed E-state index contributed by atoms with van der Waals surface area (Å²) in [5.41, 5.74) is 1.30. The standard InChI is InChI=1S/C34H37BrFN7O4/c1-21(44)31-26-14-24(25-16-37-22(2)38-17-25)9-11-27(26)43(41-31)18-30(45)42-19-34(36)15-28(42)33(46)40-32-23(10-12-29(35)39-32)8-6-4-3-5-7-13-47-20-34/h9-12,14,16-17,28H,3-8,13,15,18-20H2,1-2H3,(H,39,40,46)/t28-,34+/m0/s1. The third-order valence-corrected chi connectivity index (χ3v) is 9.22. The Bertz CT molecular complexity index is 1810. The first-order chi connectivity index (χ1) is 22.6. The minimum Gasteiger partial charge on any atom is -0.378 e. The van der Waals surface area contributed by atoms with Gasteiger partial charge < -0.3 is 15.0 Å². The van der Waals surface area contributed by atoms with Gasteiger partial charge in [0.25, 0.3) is 0 Å². The molecule has 246 valence electrons.